The normalized spacial score (nSPS) is 10.8. The van der Waals surface area contributed by atoms with Crippen LogP contribution in [0.2, 0.25) is 5.02 Å². The molecule has 0 saturated heterocycles. The minimum atomic E-state index is -0.374. The van der Waals surface area contributed by atoms with Crippen LogP contribution in [-0.4, -0.2) is 27.2 Å². The van der Waals surface area contributed by atoms with E-state index < -0.39 is 0 Å². The maximum absolute atomic E-state index is 13.2. The number of amides is 1. The number of carbonyl (C=O) groups is 1. The first-order valence-electron chi connectivity index (χ1n) is 10.3. The Bertz CT molecular complexity index is 1390. The van der Waals surface area contributed by atoms with Crippen molar-refractivity contribution in [2.24, 2.45) is 0 Å². The van der Waals surface area contributed by atoms with Crippen molar-refractivity contribution in [1.82, 2.24) is 20.1 Å². The maximum Gasteiger partial charge on any atom is 0.253 e. The molecular weight excluding hydrogens is 443 g/mol. The third-order valence-electron chi connectivity index (χ3n) is 5.26. The highest BCUT2D eigenvalue weighted by Crippen LogP contribution is 2.22. The molecular formula is C24H20ClFN6O. The first-order chi connectivity index (χ1) is 15.9. The van der Waals surface area contributed by atoms with Crippen molar-refractivity contribution in [3.63, 3.8) is 0 Å². The van der Waals surface area contributed by atoms with Crippen LogP contribution in [-0.2, 0) is 6.42 Å². The minimum absolute atomic E-state index is 0.194. The Labute approximate surface area is 194 Å². The Morgan fingerprint density at radius 3 is 2.73 bits per heavy atom. The molecule has 1 amide bonds. The summed E-state index contributed by atoms with van der Waals surface area (Å²) < 4.78 is 14.6. The van der Waals surface area contributed by atoms with Gasteiger partial charge in [0.25, 0.3) is 5.91 Å². The topological polar surface area (TPSA) is 110 Å². The summed E-state index contributed by atoms with van der Waals surface area (Å²) >= 11 is 6.05. The maximum atomic E-state index is 13.2. The zero-order valence-electron chi connectivity index (χ0n) is 17.8. The molecule has 0 saturated carbocycles. The summed E-state index contributed by atoms with van der Waals surface area (Å²) in [6, 6.07) is 14.9. The van der Waals surface area contributed by atoms with E-state index in [4.69, 9.17) is 17.3 Å². The summed E-state index contributed by atoms with van der Waals surface area (Å²) in [5, 5.41) is 18.2. The first-order valence-corrected chi connectivity index (χ1v) is 10.6. The predicted molar refractivity (Wildman–Crippen MR) is 125 cm³/mol. The zero-order valence-corrected chi connectivity index (χ0v) is 18.5. The molecule has 0 radical (unpaired) electrons. The average molecular weight is 463 g/mol. The summed E-state index contributed by atoms with van der Waals surface area (Å²) in [7, 11) is 0. The van der Waals surface area contributed by atoms with E-state index in [1.807, 2.05) is 6.07 Å². The molecule has 166 valence electrons. The number of nitriles is 1. The lowest BCUT2D eigenvalue weighted by Gasteiger charge is -2.09. The standard InChI is InChI=1S/C24H20ClFN6O/c1-14-19(12-15-11-16(25)4-9-21(15)30-14)24(33)29-10-2-3-22-20(13-27)23(28)32(31-22)18-7-5-17(26)6-8-18/h4-9,11-12H,2-3,10,28H2,1H3,(H,29,33). The lowest BCUT2D eigenvalue weighted by atomic mass is 10.1. The molecule has 0 atom stereocenters. The van der Waals surface area contributed by atoms with Crippen LogP contribution in [0.15, 0.2) is 48.5 Å². The van der Waals surface area contributed by atoms with E-state index in [1.165, 1.54) is 28.9 Å². The van der Waals surface area contributed by atoms with Crippen LogP contribution in [0, 0.1) is 24.1 Å². The molecule has 0 aliphatic carbocycles. The van der Waals surface area contributed by atoms with Gasteiger partial charge in [-0.05, 0) is 68.3 Å². The fraction of sp³-hybridized carbons (Fsp3) is 0.167. The number of rotatable bonds is 6. The quantitative estimate of drug-likeness (QED) is 0.414. The second-order valence-electron chi connectivity index (χ2n) is 7.52. The summed E-state index contributed by atoms with van der Waals surface area (Å²) in [4.78, 5) is 17.2. The molecule has 0 aliphatic heterocycles. The molecule has 0 bridgehead atoms. The summed E-state index contributed by atoms with van der Waals surface area (Å²) in [5.74, 6) is -0.417. The first kappa shape index (κ1) is 22.2. The molecule has 4 rings (SSSR count). The van der Waals surface area contributed by atoms with Gasteiger partial charge in [-0.15, -0.1) is 0 Å². The van der Waals surface area contributed by atoms with E-state index in [9.17, 15) is 14.4 Å². The number of nitrogens with two attached hydrogens (primary N) is 1. The highest BCUT2D eigenvalue weighted by atomic mass is 35.5. The fourth-order valence-corrected chi connectivity index (χ4v) is 3.76. The predicted octanol–water partition coefficient (Wildman–Crippen LogP) is 4.34. The van der Waals surface area contributed by atoms with Crippen LogP contribution in [0.4, 0.5) is 10.2 Å². The van der Waals surface area contributed by atoms with Crippen LogP contribution in [0.3, 0.4) is 0 Å². The monoisotopic (exact) mass is 462 g/mol. The molecule has 2 aromatic heterocycles. The molecule has 9 heteroatoms. The Hall–Kier alpha value is -3.96. The highest BCUT2D eigenvalue weighted by Gasteiger charge is 2.17. The fourth-order valence-electron chi connectivity index (χ4n) is 3.58. The largest absolute Gasteiger partial charge is 0.382 e. The van der Waals surface area contributed by atoms with Crippen molar-refractivity contribution in [2.75, 3.05) is 12.3 Å². The highest BCUT2D eigenvalue weighted by molar-refractivity contribution is 6.31. The molecule has 0 unspecified atom stereocenters. The molecule has 2 heterocycles. The number of hydrogen-bond acceptors (Lipinski definition) is 5. The molecule has 0 fully saturated rings. The Balaban J connectivity index is 1.43. The smallest absolute Gasteiger partial charge is 0.253 e. The number of benzene rings is 2. The number of hydrogen-bond donors (Lipinski definition) is 2. The van der Waals surface area contributed by atoms with E-state index in [0.717, 1.165) is 10.9 Å². The number of fused-ring (bicyclic) bond motifs is 1. The SMILES string of the molecule is Cc1nc2ccc(Cl)cc2cc1C(=O)NCCCc1nn(-c2ccc(F)cc2)c(N)c1C#N. The molecule has 4 aromatic rings. The number of aromatic nitrogens is 3. The lowest BCUT2D eigenvalue weighted by molar-refractivity contribution is 0.0952. The zero-order chi connectivity index (χ0) is 23.5. The van der Waals surface area contributed by atoms with Crippen molar-refractivity contribution in [3.8, 4) is 11.8 Å². The van der Waals surface area contributed by atoms with Gasteiger partial charge in [0, 0.05) is 17.0 Å². The number of nitrogen functional groups attached to an aromatic ring is 1. The number of aryl methyl sites for hydroxylation is 2. The van der Waals surface area contributed by atoms with E-state index in [-0.39, 0.29) is 23.1 Å². The number of anilines is 1. The van der Waals surface area contributed by atoms with Crippen LogP contribution in [0.25, 0.3) is 16.6 Å². The third-order valence-corrected chi connectivity index (χ3v) is 5.50. The van der Waals surface area contributed by atoms with Crippen molar-refractivity contribution >= 4 is 34.2 Å². The van der Waals surface area contributed by atoms with Crippen LogP contribution < -0.4 is 11.1 Å². The Kier molecular flexibility index (Phi) is 6.24. The summed E-state index contributed by atoms with van der Waals surface area (Å²) in [6.07, 6.45) is 0.984. The minimum Gasteiger partial charge on any atom is -0.382 e. The number of nitrogens with zero attached hydrogens (tertiary/aromatic N) is 4. The lowest BCUT2D eigenvalue weighted by Crippen LogP contribution is -2.26. The van der Waals surface area contributed by atoms with Gasteiger partial charge in [-0.25, -0.2) is 9.07 Å². The van der Waals surface area contributed by atoms with Gasteiger partial charge in [0.15, 0.2) is 0 Å². The molecule has 7 nitrogen and oxygen atoms in total. The Morgan fingerprint density at radius 1 is 1.24 bits per heavy atom. The Morgan fingerprint density at radius 2 is 2.00 bits per heavy atom. The van der Waals surface area contributed by atoms with E-state index >= 15 is 0 Å². The van der Waals surface area contributed by atoms with Gasteiger partial charge >= 0.3 is 0 Å². The summed E-state index contributed by atoms with van der Waals surface area (Å²) in [5.41, 5.74) is 9.31. The van der Waals surface area contributed by atoms with Gasteiger partial charge in [0.05, 0.1) is 28.2 Å². The number of carbonyl (C=O) groups excluding carboxylic acids is 1. The third kappa shape index (κ3) is 4.64. The number of pyridine rings is 1. The van der Waals surface area contributed by atoms with E-state index in [2.05, 4.69) is 21.5 Å². The molecule has 33 heavy (non-hydrogen) atoms. The summed E-state index contributed by atoms with van der Waals surface area (Å²) in [6.45, 7) is 2.16. The number of nitrogens with one attached hydrogen (secondary N) is 1. The van der Waals surface area contributed by atoms with Gasteiger partial charge in [-0.3, -0.25) is 9.78 Å². The van der Waals surface area contributed by atoms with Gasteiger partial charge in [-0.1, -0.05) is 11.6 Å². The second kappa shape index (κ2) is 9.27. The van der Waals surface area contributed by atoms with Crippen LogP contribution in [0.1, 0.15) is 33.7 Å². The van der Waals surface area contributed by atoms with Crippen molar-refractivity contribution < 1.29 is 9.18 Å². The second-order valence-corrected chi connectivity index (χ2v) is 7.96. The molecule has 3 N–H and O–H groups in total. The number of halogens is 2. The van der Waals surface area contributed by atoms with Crippen LogP contribution >= 0.6 is 11.6 Å². The van der Waals surface area contributed by atoms with Crippen molar-refractivity contribution in [2.45, 2.75) is 19.8 Å². The van der Waals surface area contributed by atoms with Crippen molar-refractivity contribution in [1.29, 1.82) is 5.26 Å². The molecule has 2 aromatic carbocycles. The van der Waals surface area contributed by atoms with E-state index in [1.54, 1.807) is 25.1 Å². The van der Waals surface area contributed by atoms with E-state index in [0.29, 0.717) is 47.0 Å². The average Bonchev–Trinajstić information content (AvgIpc) is 3.12. The molecule has 0 aliphatic rings. The van der Waals surface area contributed by atoms with Gasteiger partial charge in [0.1, 0.15) is 23.3 Å². The van der Waals surface area contributed by atoms with Gasteiger partial charge in [0.2, 0.25) is 0 Å². The van der Waals surface area contributed by atoms with Crippen molar-refractivity contribution in [3.05, 3.63) is 81.9 Å². The van der Waals surface area contributed by atoms with Gasteiger partial charge in [-0.2, -0.15) is 10.4 Å². The van der Waals surface area contributed by atoms with Gasteiger partial charge < -0.3 is 11.1 Å². The van der Waals surface area contributed by atoms with Crippen LogP contribution in [0.5, 0.6) is 0 Å². The molecule has 0 spiro atoms.